The van der Waals surface area contributed by atoms with Crippen molar-refractivity contribution in [3.05, 3.63) is 16.6 Å². The molecule has 1 rings (SSSR count). The topological polar surface area (TPSA) is 50.9 Å². The van der Waals surface area contributed by atoms with Gasteiger partial charge in [-0.25, -0.2) is 4.98 Å². The predicted octanol–water partition coefficient (Wildman–Crippen LogP) is 2.21. The van der Waals surface area contributed by atoms with E-state index in [0.29, 0.717) is 11.8 Å². The van der Waals surface area contributed by atoms with Gasteiger partial charge in [-0.1, -0.05) is 20.3 Å². The number of nitrogens with two attached hydrogens (primary N) is 1. The molecule has 0 spiro atoms. The Hall–Kier alpha value is -0.450. The Balaban J connectivity index is 2.19. The highest BCUT2D eigenvalue weighted by Crippen LogP contribution is 2.16. The molecule has 0 saturated heterocycles. The van der Waals surface area contributed by atoms with E-state index in [2.05, 4.69) is 24.1 Å². The SMILES string of the molecule is CCCC(CN)CNCC(C)c1nccs1. The normalized spacial score (nSPS) is 14.9. The summed E-state index contributed by atoms with van der Waals surface area (Å²) in [6.45, 7) is 7.23. The van der Waals surface area contributed by atoms with E-state index in [4.69, 9.17) is 5.73 Å². The summed E-state index contributed by atoms with van der Waals surface area (Å²) in [5.41, 5.74) is 5.72. The summed E-state index contributed by atoms with van der Waals surface area (Å²) in [5.74, 6) is 1.12. The van der Waals surface area contributed by atoms with E-state index in [1.165, 1.54) is 17.8 Å². The molecular weight excluding hydrogens is 218 g/mol. The highest BCUT2D eigenvalue weighted by atomic mass is 32.1. The number of thiazole rings is 1. The van der Waals surface area contributed by atoms with Gasteiger partial charge in [-0.3, -0.25) is 0 Å². The second-order valence-electron chi connectivity index (χ2n) is 4.32. The van der Waals surface area contributed by atoms with Crippen LogP contribution in [0.25, 0.3) is 0 Å². The van der Waals surface area contributed by atoms with E-state index in [9.17, 15) is 0 Å². The van der Waals surface area contributed by atoms with Crippen LogP contribution < -0.4 is 11.1 Å². The largest absolute Gasteiger partial charge is 0.330 e. The Labute approximate surface area is 102 Å². The van der Waals surface area contributed by atoms with Crippen LogP contribution in [0.4, 0.5) is 0 Å². The van der Waals surface area contributed by atoms with Crippen molar-refractivity contribution in [1.82, 2.24) is 10.3 Å². The number of nitrogens with one attached hydrogen (secondary N) is 1. The van der Waals surface area contributed by atoms with Gasteiger partial charge in [0.2, 0.25) is 0 Å². The van der Waals surface area contributed by atoms with Gasteiger partial charge in [0.15, 0.2) is 0 Å². The van der Waals surface area contributed by atoms with Gasteiger partial charge in [0.25, 0.3) is 0 Å². The maximum atomic E-state index is 5.72. The van der Waals surface area contributed by atoms with E-state index in [0.717, 1.165) is 19.6 Å². The molecule has 0 bridgehead atoms. The monoisotopic (exact) mass is 241 g/mol. The summed E-state index contributed by atoms with van der Waals surface area (Å²) in [7, 11) is 0. The molecule has 0 aromatic carbocycles. The molecule has 3 nitrogen and oxygen atoms in total. The van der Waals surface area contributed by atoms with Crippen LogP contribution in [0.3, 0.4) is 0 Å². The van der Waals surface area contributed by atoms with E-state index < -0.39 is 0 Å². The van der Waals surface area contributed by atoms with Crippen molar-refractivity contribution in [3.63, 3.8) is 0 Å². The first kappa shape index (κ1) is 13.6. The minimum atomic E-state index is 0.500. The summed E-state index contributed by atoms with van der Waals surface area (Å²) in [6.07, 6.45) is 4.30. The van der Waals surface area contributed by atoms with Crippen LogP contribution in [-0.2, 0) is 0 Å². The van der Waals surface area contributed by atoms with Crippen molar-refractivity contribution in [1.29, 1.82) is 0 Å². The third-order valence-corrected chi connectivity index (χ3v) is 3.79. The van der Waals surface area contributed by atoms with Crippen molar-refractivity contribution >= 4 is 11.3 Å². The smallest absolute Gasteiger partial charge is 0.0965 e. The highest BCUT2D eigenvalue weighted by Gasteiger charge is 2.09. The molecule has 1 aromatic heterocycles. The van der Waals surface area contributed by atoms with Gasteiger partial charge < -0.3 is 11.1 Å². The second-order valence-corrected chi connectivity index (χ2v) is 5.25. The minimum Gasteiger partial charge on any atom is -0.330 e. The number of hydrogen-bond donors (Lipinski definition) is 2. The lowest BCUT2D eigenvalue weighted by molar-refractivity contribution is 0.442. The summed E-state index contributed by atoms with van der Waals surface area (Å²) >= 11 is 1.73. The third kappa shape index (κ3) is 4.60. The van der Waals surface area contributed by atoms with Crippen molar-refractivity contribution in [2.75, 3.05) is 19.6 Å². The number of aromatic nitrogens is 1. The summed E-state index contributed by atoms with van der Waals surface area (Å²) in [5, 5.41) is 6.74. The average molecular weight is 241 g/mol. The molecule has 3 N–H and O–H groups in total. The van der Waals surface area contributed by atoms with Crippen LogP contribution in [0.1, 0.15) is 37.6 Å². The number of hydrogen-bond acceptors (Lipinski definition) is 4. The van der Waals surface area contributed by atoms with Crippen molar-refractivity contribution in [2.45, 2.75) is 32.6 Å². The van der Waals surface area contributed by atoms with Crippen LogP contribution in [0.2, 0.25) is 0 Å². The molecule has 92 valence electrons. The molecule has 4 heteroatoms. The van der Waals surface area contributed by atoms with Gasteiger partial charge in [0.1, 0.15) is 0 Å². The Morgan fingerprint density at radius 1 is 1.50 bits per heavy atom. The molecule has 1 heterocycles. The molecule has 16 heavy (non-hydrogen) atoms. The maximum Gasteiger partial charge on any atom is 0.0965 e. The van der Waals surface area contributed by atoms with Crippen LogP contribution in [0.15, 0.2) is 11.6 Å². The molecule has 0 aliphatic carbocycles. The van der Waals surface area contributed by atoms with Gasteiger partial charge in [-0.15, -0.1) is 11.3 Å². The van der Waals surface area contributed by atoms with E-state index in [1.54, 1.807) is 11.3 Å². The summed E-state index contributed by atoms with van der Waals surface area (Å²) in [6, 6.07) is 0. The van der Waals surface area contributed by atoms with E-state index in [-0.39, 0.29) is 0 Å². The van der Waals surface area contributed by atoms with Gasteiger partial charge in [0, 0.05) is 24.0 Å². The molecule has 1 aromatic rings. The number of nitrogens with zero attached hydrogens (tertiary/aromatic N) is 1. The maximum absolute atomic E-state index is 5.72. The fraction of sp³-hybridized carbons (Fsp3) is 0.750. The number of rotatable bonds is 8. The Morgan fingerprint density at radius 3 is 2.88 bits per heavy atom. The highest BCUT2D eigenvalue weighted by molar-refractivity contribution is 7.09. The Bertz CT molecular complexity index is 261. The fourth-order valence-corrected chi connectivity index (χ4v) is 2.48. The first-order chi connectivity index (χ1) is 7.77. The Kier molecular flexibility index (Phi) is 6.61. The zero-order valence-electron chi connectivity index (χ0n) is 10.3. The fourth-order valence-electron chi connectivity index (χ4n) is 1.78. The lowest BCUT2D eigenvalue weighted by atomic mass is 10.0. The first-order valence-electron chi connectivity index (χ1n) is 6.08. The minimum absolute atomic E-state index is 0.500. The van der Waals surface area contributed by atoms with Crippen molar-refractivity contribution in [2.24, 2.45) is 11.7 Å². The zero-order chi connectivity index (χ0) is 11.8. The molecule has 0 amide bonds. The first-order valence-corrected chi connectivity index (χ1v) is 6.96. The van der Waals surface area contributed by atoms with Crippen molar-refractivity contribution < 1.29 is 0 Å². The lowest BCUT2D eigenvalue weighted by Gasteiger charge is -2.16. The summed E-state index contributed by atoms with van der Waals surface area (Å²) < 4.78 is 0. The van der Waals surface area contributed by atoms with Gasteiger partial charge in [-0.05, 0) is 25.4 Å². The molecule has 0 saturated carbocycles. The third-order valence-electron chi connectivity index (χ3n) is 2.79. The molecule has 0 aliphatic rings. The molecule has 0 fully saturated rings. The van der Waals surface area contributed by atoms with Gasteiger partial charge >= 0.3 is 0 Å². The quantitative estimate of drug-likeness (QED) is 0.733. The van der Waals surface area contributed by atoms with Crippen LogP contribution >= 0.6 is 11.3 Å². The molecule has 0 aliphatic heterocycles. The van der Waals surface area contributed by atoms with Crippen LogP contribution in [0.5, 0.6) is 0 Å². The van der Waals surface area contributed by atoms with E-state index >= 15 is 0 Å². The summed E-state index contributed by atoms with van der Waals surface area (Å²) in [4.78, 5) is 4.32. The van der Waals surface area contributed by atoms with Crippen molar-refractivity contribution in [3.8, 4) is 0 Å². The molecule has 2 unspecified atom stereocenters. The molecule has 0 radical (unpaired) electrons. The standard InChI is InChI=1S/C12H23N3S/c1-3-4-11(7-13)9-14-8-10(2)12-15-5-6-16-12/h5-6,10-11,14H,3-4,7-9,13H2,1-2H3. The second kappa shape index (κ2) is 7.76. The average Bonchev–Trinajstić information content (AvgIpc) is 2.81. The van der Waals surface area contributed by atoms with Crippen LogP contribution in [-0.4, -0.2) is 24.6 Å². The lowest BCUT2D eigenvalue weighted by Crippen LogP contribution is -2.30. The Morgan fingerprint density at radius 2 is 2.31 bits per heavy atom. The molecular formula is C12H23N3S. The van der Waals surface area contributed by atoms with Gasteiger partial charge in [-0.2, -0.15) is 0 Å². The predicted molar refractivity (Wildman–Crippen MR) is 70.9 cm³/mol. The zero-order valence-corrected chi connectivity index (χ0v) is 11.1. The van der Waals surface area contributed by atoms with Gasteiger partial charge in [0.05, 0.1) is 5.01 Å². The van der Waals surface area contributed by atoms with E-state index in [1.807, 2.05) is 11.6 Å². The molecule has 2 atom stereocenters. The van der Waals surface area contributed by atoms with Crippen LogP contribution in [0, 0.1) is 5.92 Å².